The van der Waals surface area contributed by atoms with Crippen molar-refractivity contribution in [3.05, 3.63) is 28.2 Å². The fourth-order valence-electron chi connectivity index (χ4n) is 0.735. The Labute approximate surface area is 84.1 Å². The highest BCUT2D eigenvalue weighted by atomic mass is 79.9. The van der Waals surface area contributed by atoms with Crippen molar-refractivity contribution >= 4 is 21.7 Å². The molecule has 0 spiro atoms. The summed E-state index contributed by atoms with van der Waals surface area (Å²) in [6.45, 7) is 0. The third kappa shape index (κ3) is 2.28. The normalized spacial score (nSPS) is 11.5. The summed E-state index contributed by atoms with van der Waals surface area (Å²) in [4.78, 5) is 13.6. The molecule has 2 nitrogen and oxygen atoms in total. The van der Waals surface area contributed by atoms with Gasteiger partial charge in [-0.1, -0.05) is 0 Å². The van der Waals surface area contributed by atoms with E-state index in [0.29, 0.717) is 0 Å². The number of nitrogens with zero attached hydrogens (tertiary/aromatic N) is 1. The van der Waals surface area contributed by atoms with Gasteiger partial charge in [-0.05, 0) is 22.0 Å². The Morgan fingerprint density at radius 3 is 2.50 bits per heavy atom. The van der Waals surface area contributed by atoms with Crippen LogP contribution in [0.3, 0.4) is 0 Å². The molecule has 0 saturated heterocycles. The quantitative estimate of drug-likeness (QED) is 0.447. The molecule has 0 saturated carbocycles. The number of aromatic nitrogens is 1. The van der Waals surface area contributed by atoms with E-state index in [9.17, 15) is 22.4 Å². The van der Waals surface area contributed by atoms with Crippen molar-refractivity contribution in [1.29, 1.82) is 0 Å². The van der Waals surface area contributed by atoms with Crippen molar-refractivity contribution < 1.29 is 22.4 Å². The molecule has 0 unspecified atom stereocenters. The lowest BCUT2D eigenvalue weighted by molar-refractivity contribution is -0.0888. The summed E-state index contributed by atoms with van der Waals surface area (Å²) in [6.07, 6.45) is -4.13. The molecule has 0 amide bonds. The first-order valence-electron chi connectivity index (χ1n) is 3.25. The second-order valence-electron chi connectivity index (χ2n) is 2.32. The van der Waals surface area contributed by atoms with Crippen molar-refractivity contribution in [3.8, 4) is 0 Å². The van der Waals surface area contributed by atoms with E-state index in [1.807, 2.05) is 0 Å². The van der Waals surface area contributed by atoms with Gasteiger partial charge in [0.25, 0.3) is 5.78 Å². The second kappa shape index (κ2) is 3.64. The molecule has 76 valence electrons. The fourth-order valence-corrected chi connectivity index (χ4v) is 1.07. The van der Waals surface area contributed by atoms with Crippen molar-refractivity contribution in [2.24, 2.45) is 0 Å². The number of pyridine rings is 1. The van der Waals surface area contributed by atoms with Crippen molar-refractivity contribution in [1.82, 2.24) is 4.98 Å². The molecule has 0 aromatic carbocycles. The molecule has 1 aromatic heterocycles. The van der Waals surface area contributed by atoms with Gasteiger partial charge in [-0.2, -0.15) is 17.6 Å². The Balaban J connectivity index is 3.19. The number of rotatable bonds is 1. The Kier molecular flexibility index (Phi) is 2.89. The number of Topliss-reactive ketones (excluding diaryl/α,β-unsaturated/α-hetero) is 1. The van der Waals surface area contributed by atoms with Gasteiger partial charge in [0.15, 0.2) is 0 Å². The smallest absolute Gasteiger partial charge is 0.284 e. The number of hydrogen-bond acceptors (Lipinski definition) is 2. The van der Waals surface area contributed by atoms with Gasteiger partial charge >= 0.3 is 6.18 Å². The number of halogens is 5. The summed E-state index contributed by atoms with van der Waals surface area (Å²) < 4.78 is 48.5. The Bertz CT molecular complexity index is 376. The molecular formula is C7H2BrF4NO. The second-order valence-corrected chi connectivity index (χ2v) is 3.23. The van der Waals surface area contributed by atoms with Crippen LogP contribution in [0.25, 0.3) is 0 Å². The average Bonchev–Trinajstić information content (AvgIpc) is 2.06. The molecule has 1 aromatic rings. The molecule has 0 radical (unpaired) electrons. The molecule has 0 aliphatic heterocycles. The topological polar surface area (TPSA) is 30.0 Å². The van der Waals surface area contributed by atoms with E-state index >= 15 is 0 Å². The third-order valence-corrected chi connectivity index (χ3v) is 1.74. The van der Waals surface area contributed by atoms with Crippen molar-refractivity contribution in [3.63, 3.8) is 0 Å². The summed E-state index contributed by atoms with van der Waals surface area (Å²) in [7, 11) is 0. The van der Waals surface area contributed by atoms with Crippen LogP contribution in [0.15, 0.2) is 16.7 Å². The molecule has 14 heavy (non-hydrogen) atoms. The highest BCUT2D eigenvalue weighted by molar-refractivity contribution is 9.10. The van der Waals surface area contributed by atoms with E-state index in [2.05, 4.69) is 20.9 Å². The standard InChI is InChI=1S/C7H2BrF4NO/c8-3-1-4(6(9)13-2-3)5(14)7(10,11)12/h1-2H. The molecule has 0 aliphatic carbocycles. The van der Waals surface area contributed by atoms with Crippen molar-refractivity contribution in [2.75, 3.05) is 0 Å². The highest BCUT2D eigenvalue weighted by Crippen LogP contribution is 2.24. The minimum Gasteiger partial charge on any atom is -0.284 e. The fraction of sp³-hybridized carbons (Fsp3) is 0.143. The van der Waals surface area contributed by atoms with Crippen molar-refractivity contribution in [2.45, 2.75) is 6.18 Å². The summed E-state index contributed by atoms with van der Waals surface area (Å²) in [6, 6.07) is 0.734. The minimum absolute atomic E-state index is 0.103. The lowest BCUT2D eigenvalue weighted by Crippen LogP contribution is -2.24. The maximum atomic E-state index is 12.7. The summed E-state index contributed by atoms with van der Waals surface area (Å²) in [5.41, 5.74) is -1.09. The first kappa shape index (κ1) is 11.1. The molecule has 1 heterocycles. The zero-order valence-corrected chi connectivity index (χ0v) is 7.99. The highest BCUT2D eigenvalue weighted by Gasteiger charge is 2.41. The minimum atomic E-state index is -5.09. The molecule has 0 atom stereocenters. The Hall–Kier alpha value is -0.980. The predicted octanol–water partition coefficient (Wildman–Crippen LogP) is 2.73. The lowest BCUT2D eigenvalue weighted by atomic mass is 10.2. The van der Waals surface area contributed by atoms with E-state index < -0.39 is 23.5 Å². The molecule has 1 rings (SSSR count). The summed E-state index contributed by atoms with van der Waals surface area (Å²) in [5, 5.41) is 0. The maximum absolute atomic E-state index is 12.7. The SMILES string of the molecule is O=C(c1cc(Br)cnc1F)C(F)(F)F. The van der Waals surface area contributed by atoms with Crippen LogP contribution >= 0.6 is 15.9 Å². The van der Waals surface area contributed by atoms with E-state index in [0.717, 1.165) is 12.3 Å². The van der Waals surface area contributed by atoms with Gasteiger partial charge in [-0.15, -0.1) is 0 Å². The van der Waals surface area contributed by atoms with Gasteiger partial charge in [-0.25, -0.2) is 4.98 Å². The predicted molar refractivity (Wildman–Crippen MR) is 42.3 cm³/mol. The first-order chi connectivity index (χ1) is 6.32. The van der Waals surface area contributed by atoms with Gasteiger partial charge < -0.3 is 0 Å². The van der Waals surface area contributed by atoms with Crippen LogP contribution < -0.4 is 0 Å². The molecular weight excluding hydrogens is 270 g/mol. The van der Waals surface area contributed by atoms with E-state index in [4.69, 9.17) is 0 Å². The molecule has 0 aliphatic rings. The number of hydrogen-bond donors (Lipinski definition) is 0. The van der Waals surface area contributed by atoms with Crippen LogP contribution in [0.1, 0.15) is 10.4 Å². The number of carbonyl (C=O) groups excluding carboxylic acids is 1. The molecule has 7 heteroatoms. The molecule has 0 N–H and O–H groups in total. The summed E-state index contributed by atoms with van der Waals surface area (Å²) in [5.74, 6) is -3.68. The van der Waals surface area contributed by atoms with Crippen LogP contribution in [0, 0.1) is 5.95 Å². The lowest BCUT2D eigenvalue weighted by Gasteiger charge is -2.05. The molecule has 0 bridgehead atoms. The Morgan fingerprint density at radius 2 is 2.00 bits per heavy atom. The van der Waals surface area contributed by atoms with Gasteiger partial charge in [0.2, 0.25) is 5.95 Å². The van der Waals surface area contributed by atoms with Crippen LogP contribution in [0.5, 0.6) is 0 Å². The van der Waals surface area contributed by atoms with Crippen LogP contribution in [-0.2, 0) is 0 Å². The third-order valence-electron chi connectivity index (χ3n) is 1.31. The zero-order chi connectivity index (χ0) is 10.9. The van der Waals surface area contributed by atoms with Gasteiger partial charge in [0, 0.05) is 10.7 Å². The van der Waals surface area contributed by atoms with Crippen LogP contribution in [-0.4, -0.2) is 16.9 Å². The maximum Gasteiger partial charge on any atom is 0.455 e. The number of ketones is 1. The van der Waals surface area contributed by atoms with Gasteiger partial charge in [-0.3, -0.25) is 4.79 Å². The zero-order valence-electron chi connectivity index (χ0n) is 6.40. The monoisotopic (exact) mass is 271 g/mol. The average molecular weight is 272 g/mol. The van der Waals surface area contributed by atoms with Crippen LogP contribution in [0.4, 0.5) is 17.6 Å². The van der Waals surface area contributed by atoms with E-state index in [-0.39, 0.29) is 4.47 Å². The van der Waals surface area contributed by atoms with E-state index in [1.54, 1.807) is 0 Å². The van der Waals surface area contributed by atoms with Crippen LogP contribution in [0.2, 0.25) is 0 Å². The number of alkyl halides is 3. The largest absolute Gasteiger partial charge is 0.455 e. The summed E-state index contributed by atoms with van der Waals surface area (Å²) >= 11 is 2.78. The van der Waals surface area contributed by atoms with Gasteiger partial charge in [0.1, 0.15) is 0 Å². The number of carbonyl (C=O) groups is 1. The molecule has 0 fully saturated rings. The van der Waals surface area contributed by atoms with E-state index in [1.165, 1.54) is 0 Å². The Morgan fingerprint density at radius 1 is 1.43 bits per heavy atom. The van der Waals surface area contributed by atoms with Gasteiger partial charge in [0.05, 0.1) is 5.56 Å². The first-order valence-corrected chi connectivity index (χ1v) is 4.04.